The Balaban J connectivity index is 1.66. The third kappa shape index (κ3) is 2.84. The minimum atomic E-state index is 0.0434. The smallest absolute Gasteiger partial charge is 0.0939 e. The molecular formula is C16H29NO2. The van der Waals surface area contributed by atoms with Gasteiger partial charge < -0.3 is 15.2 Å². The van der Waals surface area contributed by atoms with Gasteiger partial charge in [-0.3, -0.25) is 0 Å². The molecule has 0 aromatic carbocycles. The van der Waals surface area contributed by atoms with Gasteiger partial charge in [0.25, 0.3) is 0 Å². The predicted molar refractivity (Wildman–Crippen MR) is 75.9 cm³/mol. The third-order valence-electron chi connectivity index (χ3n) is 5.84. The highest BCUT2D eigenvalue weighted by atomic mass is 16.6. The van der Waals surface area contributed by atoms with Crippen LogP contribution >= 0.6 is 0 Å². The third-order valence-corrected chi connectivity index (χ3v) is 5.84. The zero-order valence-electron chi connectivity index (χ0n) is 12.3. The van der Waals surface area contributed by atoms with Gasteiger partial charge >= 0.3 is 0 Å². The lowest BCUT2D eigenvalue weighted by molar-refractivity contribution is -0.111. The molecule has 2 aliphatic heterocycles. The first kappa shape index (κ1) is 13.8. The number of rotatable bonds is 2. The van der Waals surface area contributed by atoms with Gasteiger partial charge in [0, 0.05) is 25.7 Å². The molecule has 19 heavy (non-hydrogen) atoms. The van der Waals surface area contributed by atoms with Gasteiger partial charge in [0.2, 0.25) is 0 Å². The standard InChI is InChI=1S/C16H29NO2/c1-2-12-3-4-15(17)14(9-12)13-5-7-19-16(10-13)6-8-18-11-16/h12-15H,2-11,17H2,1H3. The Hall–Kier alpha value is -0.120. The SMILES string of the molecule is CCC1CCC(N)C(C2CCOC3(CCOC3)C2)C1. The van der Waals surface area contributed by atoms with Gasteiger partial charge in [0.15, 0.2) is 0 Å². The molecule has 110 valence electrons. The van der Waals surface area contributed by atoms with Crippen LogP contribution in [0.25, 0.3) is 0 Å². The van der Waals surface area contributed by atoms with E-state index in [1.165, 1.54) is 38.5 Å². The van der Waals surface area contributed by atoms with E-state index >= 15 is 0 Å². The fourth-order valence-corrected chi connectivity index (χ4v) is 4.53. The molecule has 0 aromatic heterocycles. The van der Waals surface area contributed by atoms with E-state index in [9.17, 15) is 0 Å². The van der Waals surface area contributed by atoms with Gasteiger partial charge in [-0.2, -0.15) is 0 Å². The molecule has 0 bridgehead atoms. The van der Waals surface area contributed by atoms with Crippen molar-refractivity contribution in [3.8, 4) is 0 Å². The molecule has 3 heteroatoms. The maximum Gasteiger partial charge on any atom is 0.0939 e. The van der Waals surface area contributed by atoms with Gasteiger partial charge in [-0.25, -0.2) is 0 Å². The van der Waals surface area contributed by atoms with E-state index in [1.54, 1.807) is 0 Å². The van der Waals surface area contributed by atoms with Crippen LogP contribution in [0, 0.1) is 17.8 Å². The van der Waals surface area contributed by atoms with Crippen LogP contribution in [-0.4, -0.2) is 31.5 Å². The predicted octanol–water partition coefficient (Wildman–Crippen LogP) is 2.73. The Morgan fingerprint density at radius 2 is 2.11 bits per heavy atom. The highest BCUT2D eigenvalue weighted by Crippen LogP contribution is 2.44. The molecule has 1 saturated carbocycles. The van der Waals surface area contributed by atoms with Crippen LogP contribution < -0.4 is 5.73 Å². The number of hydrogen-bond acceptors (Lipinski definition) is 3. The van der Waals surface area contributed by atoms with Crippen molar-refractivity contribution in [2.75, 3.05) is 19.8 Å². The molecule has 5 unspecified atom stereocenters. The molecule has 3 fully saturated rings. The summed E-state index contributed by atoms with van der Waals surface area (Å²) in [5.74, 6) is 2.39. The average molecular weight is 267 g/mol. The van der Waals surface area contributed by atoms with Gasteiger partial charge in [-0.05, 0) is 49.9 Å². The topological polar surface area (TPSA) is 44.5 Å². The van der Waals surface area contributed by atoms with Crippen LogP contribution in [0.15, 0.2) is 0 Å². The fraction of sp³-hybridized carbons (Fsp3) is 1.00. The monoisotopic (exact) mass is 267 g/mol. The van der Waals surface area contributed by atoms with E-state index in [2.05, 4.69) is 6.92 Å². The molecule has 2 heterocycles. The summed E-state index contributed by atoms with van der Waals surface area (Å²) in [5, 5.41) is 0. The first-order valence-corrected chi connectivity index (χ1v) is 8.20. The summed E-state index contributed by atoms with van der Waals surface area (Å²) in [7, 11) is 0. The average Bonchev–Trinajstić information content (AvgIpc) is 2.87. The number of nitrogens with two attached hydrogens (primary N) is 1. The Bertz CT molecular complexity index is 301. The molecule has 0 aromatic rings. The van der Waals surface area contributed by atoms with Crippen molar-refractivity contribution in [1.29, 1.82) is 0 Å². The van der Waals surface area contributed by atoms with Crippen molar-refractivity contribution in [3.63, 3.8) is 0 Å². The molecule has 1 spiro atoms. The summed E-state index contributed by atoms with van der Waals surface area (Å²) in [6.45, 7) is 4.92. The van der Waals surface area contributed by atoms with E-state index in [-0.39, 0.29) is 5.60 Å². The molecule has 3 nitrogen and oxygen atoms in total. The van der Waals surface area contributed by atoms with Crippen LogP contribution in [0.5, 0.6) is 0 Å². The second kappa shape index (κ2) is 5.71. The van der Waals surface area contributed by atoms with Gasteiger partial charge in [0.05, 0.1) is 12.2 Å². The van der Waals surface area contributed by atoms with E-state index in [1.807, 2.05) is 0 Å². The van der Waals surface area contributed by atoms with Crippen molar-refractivity contribution in [3.05, 3.63) is 0 Å². The highest BCUT2D eigenvalue weighted by molar-refractivity contribution is 4.95. The molecule has 2 N–H and O–H groups in total. The normalized spacial score (nSPS) is 47.7. The summed E-state index contributed by atoms with van der Waals surface area (Å²) in [6, 6.07) is 0.422. The minimum Gasteiger partial charge on any atom is -0.378 e. The number of hydrogen-bond donors (Lipinski definition) is 1. The quantitative estimate of drug-likeness (QED) is 0.836. The van der Waals surface area contributed by atoms with E-state index in [4.69, 9.17) is 15.2 Å². The van der Waals surface area contributed by atoms with Crippen molar-refractivity contribution < 1.29 is 9.47 Å². The van der Waals surface area contributed by atoms with Crippen molar-refractivity contribution in [2.24, 2.45) is 23.5 Å². The second-order valence-corrected chi connectivity index (χ2v) is 7.00. The first-order chi connectivity index (χ1) is 9.22. The summed E-state index contributed by atoms with van der Waals surface area (Å²) in [6.07, 6.45) is 8.71. The van der Waals surface area contributed by atoms with E-state index in [0.29, 0.717) is 6.04 Å². The summed E-state index contributed by atoms with van der Waals surface area (Å²) >= 11 is 0. The van der Waals surface area contributed by atoms with Crippen LogP contribution in [0.2, 0.25) is 0 Å². The summed E-state index contributed by atoms with van der Waals surface area (Å²) in [4.78, 5) is 0. The van der Waals surface area contributed by atoms with Crippen LogP contribution in [0.3, 0.4) is 0 Å². The van der Waals surface area contributed by atoms with Gasteiger partial charge in [0.1, 0.15) is 0 Å². The molecule has 0 radical (unpaired) electrons. The van der Waals surface area contributed by atoms with Gasteiger partial charge in [-0.15, -0.1) is 0 Å². The van der Waals surface area contributed by atoms with Crippen molar-refractivity contribution in [1.82, 2.24) is 0 Å². The molecule has 0 amide bonds. The molecule has 5 atom stereocenters. The highest BCUT2D eigenvalue weighted by Gasteiger charge is 2.44. The lowest BCUT2D eigenvalue weighted by Gasteiger charge is -2.45. The largest absolute Gasteiger partial charge is 0.378 e. The van der Waals surface area contributed by atoms with Crippen LogP contribution in [0.4, 0.5) is 0 Å². The summed E-state index contributed by atoms with van der Waals surface area (Å²) in [5.41, 5.74) is 6.49. The van der Waals surface area contributed by atoms with E-state index in [0.717, 1.165) is 44.0 Å². The summed E-state index contributed by atoms with van der Waals surface area (Å²) < 4.78 is 11.7. The van der Waals surface area contributed by atoms with Crippen LogP contribution in [-0.2, 0) is 9.47 Å². The Labute approximate surface area is 117 Å². The Kier molecular flexibility index (Phi) is 4.16. The van der Waals surface area contributed by atoms with Crippen LogP contribution in [0.1, 0.15) is 51.9 Å². The molecular weight excluding hydrogens is 238 g/mol. The molecule has 3 rings (SSSR count). The Morgan fingerprint density at radius 3 is 2.84 bits per heavy atom. The first-order valence-electron chi connectivity index (χ1n) is 8.20. The maximum absolute atomic E-state index is 6.44. The molecule has 1 aliphatic carbocycles. The lowest BCUT2D eigenvalue weighted by atomic mass is 9.67. The molecule has 3 aliphatic rings. The van der Waals surface area contributed by atoms with Gasteiger partial charge in [-0.1, -0.05) is 13.3 Å². The van der Waals surface area contributed by atoms with E-state index < -0.39 is 0 Å². The minimum absolute atomic E-state index is 0.0434. The zero-order valence-corrected chi connectivity index (χ0v) is 12.3. The zero-order chi connectivity index (χ0) is 13.3. The fourth-order valence-electron chi connectivity index (χ4n) is 4.53. The van der Waals surface area contributed by atoms with Crippen molar-refractivity contribution in [2.45, 2.75) is 63.5 Å². The molecule has 2 saturated heterocycles. The second-order valence-electron chi connectivity index (χ2n) is 7.00. The van der Waals surface area contributed by atoms with Crippen molar-refractivity contribution >= 4 is 0 Å². The number of ether oxygens (including phenoxy) is 2. The Morgan fingerprint density at radius 1 is 1.21 bits per heavy atom. The maximum atomic E-state index is 6.44. The lowest BCUT2D eigenvalue weighted by Crippen LogP contribution is -2.47.